The molecule has 2 heterocycles. The molecule has 7 nitrogen and oxygen atoms in total. The third-order valence-electron chi connectivity index (χ3n) is 4.17. The van der Waals surface area contributed by atoms with Crippen LogP contribution in [-0.4, -0.2) is 81.3 Å². The molecule has 1 amide bonds. The van der Waals surface area contributed by atoms with E-state index in [4.69, 9.17) is 4.74 Å². The molecule has 0 aliphatic carbocycles. The van der Waals surface area contributed by atoms with E-state index in [1.807, 2.05) is 4.90 Å². The van der Waals surface area contributed by atoms with Crippen LogP contribution in [0.2, 0.25) is 0 Å². The molecule has 2 aliphatic rings. The highest BCUT2D eigenvalue weighted by Gasteiger charge is 2.34. The first-order valence-electron chi connectivity index (χ1n) is 7.45. The Balaban J connectivity index is 2.01. The second-order valence-electron chi connectivity index (χ2n) is 5.74. The zero-order valence-corrected chi connectivity index (χ0v) is 13.6. The van der Waals surface area contributed by atoms with Crippen molar-refractivity contribution in [3.63, 3.8) is 0 Å². The van der Waals surface area contributed by atoms with Gasteiger partial charge in [-0.25, -0.2) is 8.42 Å². The van der Waals surface area contributed by atoms with Gasteiger partial charge in [0.1, 0.15) is 0 Å². The fourth-order valence-electron chi connectivity index (χ4n) is 2.91. The maximum absolute atomic E-state index is 12.4. The molecule has 0 radical (unpaired) electrons. The Labute approximate surface area is 126 Å². The molecule has 0 aromatic rings. The normalized spacial score (nSPS) is 26.9. The molecule has 1 N–H and O–H groups in total. The van der Waals surface area contributed by atoms with Gasteiger partial charge in [-0.15, -0.1) is 0 Å². The third kappa shape index (κ3) is 4.15. The van der Waals surface area contributed by atoms with Gasteiger partial charge < -0.3 is 15.0 Å². The number of piperazine rings is 1. The number of nitrogens with one attached hydrogen (secondary N) is 1. The number of carbonyl (C=O) groups excluding carboxylic acids is 1. The first-order chi connectivity index (χ1) is 9.94. The minimum absolute atomic E-state index is 0.000904. The molecule has 0 spiro atoms. The Kier molecular flexibility index (Phi) is 5.59. The van der Waals surface area contributed by atoms with Crippen LogP contribution in [0.5, 0.6) is 0 Å². The van der Waals surface area contributed by atoms with Gasteiger partial charge in [-0.2, -0.15) is 4.31 Å². The molecule has 21 heavy (non-hydrogen) atoms. The number of amides is 1. The topological polar surface area (TPSA) is 79.0 Å². The van der Waals surface area contributed by atoms with Crippen LogP contribution in [0.25, 0.3) is 0 Å². The van der Waals surface area contributed by atoms with Gasteiger partial charge in [0, 0.05) is 39.3 Å². The highest BCUT2D eigenvalue weighted by Crippen LogP contribution is 2.20. The van der Waals surface area contributed by atoms with E-state index >= 15 is 0 Å². The zero-order chi connectivity index (χ0) is 15.5. The van der Waals surface area contributed by atoms with Crippen molar-refractivity contribution in [3.8, 4) is 0 Å². The van der Waals surface area contributed by atoms with Crippen molar-refractivity contribution in [2.75, 3.05) is 45.6 Å². The summed E-state index contributed by atoms with van der Waals surface area (Å²) in [6, 6.07) is 0.000904. The smallest absolute Gasteiger partial charge is 0.236 e. The van der Waals surface area contributed by atoms with Crippen LogP contribution in [0.3, 0.4) is 0 Å². The SMILES string of the molecule is COC(C)CS(=O)(=O)N1CCCC(N2CCNCC2=O)C1. The quantitative estimate of drug-likeness (QED) is 0.721. The Morgan fingerprint density at radius 1 is 1.43 bits per heavy atom. The summed E-state index contributed by atoms with van der Waals surface area (Å²) in [4.78, 5) is 13.8. The maximum atomic E-state index is 12.4. The summed E-state index contributed by atoms with van der Waals surface area (Å²) in [7, 11) is -1.82. The first kappa shape index (κ1) is 16.7. The predicted octanol–water partition coefficient (Wildman–Crippen LogP) is -0.753. The molecule has 2 rings (SSSR count). The number of ether oxygens (including phenoxy) is 1. The summed E-state index contributed by atoms with van der Waals surface area (Å²) in [6.45, 7) is 4.48. The monoisotopic (exact) mass is 319 g/mol. The van der Waals surface area contributed by atoms with Crippen molar-refractivity contribution < 1.29 is 17.9 Å². The minimum atomic E-state index is -3.33. The van der Waals surface area contributed by atoms with E-state index in [2.05, 4.69) is 5.32 Å². The van der Waals surface area contributed by atoms with Gasteiger partial charge in [-0.05, 0) is 19.8 Å². The lowest BCUT2D eigenvalue weighted by molar-refractivity contribution is -0.135. The van der Waals surface area contributed by atoms with Crippen molar-refractivity contribution >= 4 is 15.9 Å². The minimum Gasteiger partial charge on any atom is -0.381 e. The molecule has 2 fully saturated rings. The van der Waals surface area contributed by atoms with Crippen molar-refractivity contribution in [2.45, 2.75) is 31.9 Å². The average molecular weight is 319 g/mol. The number of piperidine rings is 1. The molecular formula is C13H25N3O4S. The predicted molar refractivity (Wildman–Crippen MR) is 79.4 cm³/mol. The van der Waals surface area contributed by atoms with Crippen LogP contribution in [-0.2, 0) is 19.6 Å². The van der Waals surface area contributed by atoms with Gasteiger partial charge in [-0.3, -0.25) is 4.79 Å². The van der Waals surface area contributed by atoms with E-state index in [9.17, 15) is 13.2 Å². The van der Waals surface area contributed by atoms with E-state index in [-0.39, 0.29) is 23.8 Å². The molecular weight excluding hydrogens is 294 g/mol. The molecule has 0 saturated carbocycles. The van der Waals surface area contributed by atoms with Crippen LogP contribution in [0.1, 0.15) is 19.8 Å². The van der Waals surface area contributed by atoms with E-state index < -0.39 is 10.0 Å². The standard InChI is InChI=1S/C13H25N3O4S/c1-11(20-2)10-21(18,19)15-6-3-4-12(9-15)16-7-5-14-8-13(16)17/h11-12,14H,3-10H2,1-2H3. The van der Waals surface area contributed by atoms with Crippen LogP contribution in [0.15, 0.2) is 0 Å². The van der Waals surface area contributed by atoms with Crippen LogP contribution in [0, 0.1) is 0 Å². The molecule has 2 aliphatic heterocycles. The number of hydrogen-bond donors (Lipinski definition) is 1. The fraction of sp³-hybridized carbons (Fsp3) is 0.923. The van der Waals surface area contributed by atoms with Gasteiger partial charge in [-0.1, -0.05) is 0 Å². The summed E-state index contributed by atoms with van der Waals surface area (Å²) in [5.74, 6) is 0.0573. The van der Waals surface area contributed by atoms with Crippen LogP contribution in [0.4, 0.5) is 0 Å². The third-order valence-corrected chi connectivity index (χ3v) is 6.18. The molecule has 0 aromatic heterocycles. The average Bonchev–Trinajstić information content (AvgIpc) is 2.47. The molecule has 2 unspecified atom stereocenters. The number of hydrogen-bond acceptors (Lipinski definition) is 5. The van der Waals surface area contributed by atoms with Crippen LogP contribution < -0.4 is 5.32 Å². The number of methoxy groups -OCH3 is 1. The van der Waals surface area contributed by atoms with E-state index in [0.29, 0.717) is 26.2 Å². The van der Waals surface area contributed by atoms with Crippen molar-refractivity contribution in [1.29, 1.82) is 0 Å². The summed E-state index contributed by atoms with van der Waals surface area (Å²) in [5.41, 5.74) is 0. The van der Waals surface area contributed by atoms with Gasteiger partial charge in [0.15, 0.2) is 0 Å². The molecule has 2 atom stereocenters. The van der Waals surface area contributed by atoms with Crippen LogP contribution >= 0.6 is 0 Å². The summed E-state index contributed by atoms with van der Waals surface area (Å²) in [6.07, 6.45) is 1.34. The van der Waals surface area contributed by atoms with Crippen molar-refractivity contribution in [3.05, 3.63) is 0 Å². The number of nitrogens with zero attached hydrogens (tertiary/aromatic N) is 2. The number of sulfonamides is 1. The van der Waals surface area contributed by atoms with E-state index in [1.54, 1.807) is 6.92 Å². The Morgan fingerprint density at radius 3 is 2.86 bits per heavy atom. The van der Waals surface area contributed by atoms with Gasteiger partial charge in [0.05, 0.1) is 18.4 Å². The second-order valence-corrected chi connectivity index (χ2v) is 7.76. The maximum Gasteiger partial charge on any atom is 0.236 e. The zero-order valence-electron chi connectivity index (χ0n) is 12.7. The molecule has 2 saturated heterocycles. The Hall–Kier alpha value is -0.700. The van der Waals surface area contributed by atoms with Crippen molar-refractivity contribution in [2.24, 2.45) is 0 Å². The highest BCUT2D eigenvalue weighted by atomic mass is 32.2. The van der Waals surface area contributed by atoms with Gasteiger partial charge >= 0.3 is 0 Å². The first-order valence-corrected chi connectivity index (χ1v) is 9.06. The second kappa shape index (κ2) is 7.04. The lowest BCUT2D eigenvalue weighted by Crippen LogP contribution is -2.57. The van der Waals surface area contributed by atoms with Crippen molar-refractivity contribution in [1.82, 2.24) is 14.5 Å². The Morgan fingerprint density at radius 2 is 2.19 bits per heavy atom. The molecule has 122 valence electrons. The lowest BCUT2D eigenvalue weighted by atomic mass is 10.1. The fourth-order valence-corrected chi connectivity index (χ4v) is 4.65. The summed E-state index contributed by atoms with van der Waals surface area (Å²) < 4.78 is 31.4. The largest absolute Gasteiger partial charge is 0.381 e. The number of rotatable bonds is 5. The van der Waals surface area contributed by atoms with Gasteiger partial charge in [0.2, 0.25) is 15.9 Å². The molecule has 0 aromatic carbocycles. The Bertz CT molecular complexity index is 468. The van der Waals surface area contributed by atoms with Gasteiger partial charge in [0.25, 0.3) is 0 Å². The molecule has 8 heteroatoms. The van der Waals surface area contributed by atoms with E-state index in [0.717, 1.165) is 19.4 Å². The highest BCUT2D eigenvalue weighted by molar-refractivity contribution is 7.89. The number of carbonyl (C=O) groups is 1. The lowest BCUT2D eigenvalue weighted by Gasteiger charge is -2.40. The molecule has 0 bridgehead atoms. The van der Waals surface area contributed by atoms with E-state index in [1.165, 1.54) is 11.4 Å². The summed E-state index contributed by atoms with van der Waals surface area (Å²) >= 11 is 0. The summed E-state index contributed by atoms with van der Waals surface area (Å²) in [5, 5.41) is 3.04.